The van der Waals surface area contributed by atoms with Crippen LogP contribution in [-0.4, -0.2) is 29.2 Å². The standard InChI is InChI=1S/C24H27N3O2/c1-4-14-27(24(28)25-21-12-10-19(2)11-13-21)18-22-8-6-15-26(22)17-20-7-5-9-23(16-20)29-3/h4-13,15-16H,1,14,17-18H2,2-3H3,(H,25,28). The Morgan fingerprint density at radius 1 is 1.17 bits per heavy atom. The van der Waals surface area contributed by atoms with E-state index < -0.39 is 0 Å². The van der Waals surface area contributed by atoms with Crippen molar-refractivity contribution in [3.63, 3.8) is 0 Å². The van der Waals surface area contributed by atoms with E-state index in [4.69, 9.17) is 4.74 Å². The molecule has 0 radical (unpaired) electrons. The van der Waals surface area contributed by atoms with Crippen LogP contribution < -0.4 is 10.1 Å². The van der Waals surface area contributed by atoms with Crippen LogP contribution in [0, 0.1) is 6.92 Å². The second-order valence-corrected chi connectivity index (χ2v) is 6.94. The maximum Gasteiger partial charge on any atom is 0.322 e. The zero-order valence-corrected chi connectivity index (χ0v) is 17.0. The van der Waals surface area contributed by atoms with Gasteiger partial charge >= 0.3 is 6.03 Å². The number of methoxy groups -OCH3 is 1. The minimum absolute atomic E-state index is 0.150. The van der Waals surface area contributed by atoms with Crippen molar-refractivity contribution in [2.45, 2.75) is 20.0 Å². The number of amides is 2. The molecule has 3 rings (SSSR count). The van der Waals surface area contributed by atoms with E-state index in [2.05, 4.69) is 22.5 Å². The summed E-state index contributed by atoms with van der Waals surface area (Å²) in [5.74, 6) is 0.835. The Kier molecular flexibility index (Phi) is 6.74. The van der Waals surface area contributed by atoms with Crippen LogP contribution in [0.2, 0.25) is 0 Å². The molecule has 2 amide bonds. The highest BCUT2D eigenvalue weighted by atomic mass is 16.5. The van der Waals surface area contributed by atoms with Crippen LogP contribution in [0.3, 0.4) is 0 Å². The molecule has 1 N–H and O–H groups in total. The molecule has 0 aliphatic carbocycles. The third-order valence-corrected chi connectivity index (χ3v) is 4.70. The van der Waals surface area contributed by atoms with Gasteiger partial charge in [-0.05, 0) is 48.9 Å². The number of ether oxygens (including phenoxy) is 1. The van der Waals surface area contributed by atoms with E-state index in [0.717, 1.165) is 28.3 Å². The summed E-state index contributed by atoms with van der Waals surface area (Å²) in [6.45, 7) is 7.47. The molecule has 0 aliphatic heterocycles. The lowest BCUT2D eigenvalue weighted by atomic mass is 10.2. The van der Waals surface area contributed by atoms with Gasteiger partial charge in [-0.1, -0.05) is 35.9 Å². The van der Waals surface area contributed by atoms with Crippen molar-refractivity contribution in [2.75, 3.05) is 19.0 Å². The Hall–Kier alpha value is -3.47. The maximum absolute atomic E-state index is 12.8. The van der Waals surface area contributed by atoms with Gasteiger partial charge in [0, 0.05) is 30.7 Å². The van der Waals surface area contributed by atoms with Gasteiger partial charge in [-0.25, -0.2) is 4.79 Å². The monoisotopic (exact) mass is 389 g/mol. The van der Waals surface area contributed by atoms with Crippen molar-refractivity contribution < 1.29 is 9.53 Å². The molecule has 0 bridgehead atoms. The van der Waals surface area contributed by atoms with E-state index in [-0.39, 0.29) is 6.03 Å². The summed E-state index contributed by atoms with van der Waals surface area (Å²) >= 11 is 0. The number of aryl methyl sites for hydroxylation is 1. The summed E-state index contributed by atoms with van der Waals surface area (Å²) in [5.41, 5.74) is 4.12. The normalized spacial score (nSPS) is 10.4. The van der Waals surface area contributed by atoms with Crippen molar-refractivity contribution >= 4 is 11.7 Å². The fourth-order valence-electron chi connectivity index (χ4n) is 3.12. The summed E-state index contributed by atoms with van der Waals surface area (Å²) < 4.78 is 7.46. The molecule has 0 saturated heterocycles. The fourth-order valence-corrected chi connectivity index (χ4v) is 3.12. The first-order valence-electron chi connectivity index (χ1n) is 9.59. The lowest BCUT2D eigenvalue weighted by Gasteiger charge is -2.23. The molecule has 3 aromatic rings. The largest absolute Gasteiger partial charge is 0.497 e. The maximum atomic E-state index is 12.8. The summed E-state index contributed by atoms with van der Waals surface area (Å²) in [6, 6.07) is 19.7. The van der Waals surface area contributed by atoms with Gasteiger partial charge in [0.05, 0.1) is 13.7 Å². The molecule has 0 unspecified atom stereocenters. The molecule has 1 aromatic heterocycles. The Labute approximate surface area is 172 Å². The van der Waals surface area contributed by atoms with Crippen molar-refractivity contribution in [3.8, 4) is 5.75 Å². The molecule has 0 atom stereocenters. The van der Waals surface area contributed by atoms with Crippen LogP contribution in [0.1, 0.15) is 16.8 Å². The first kappa shape index (κ1) is 20.3. The third-order valence-electron chi connectivity index (χ3n) is 4.70. The highest BCUT2D eigenvalue weighted by Crippen LogP contribution is 2.16. The molecule has 0 aliphatic rings. The lowest BCUT2D eigenvalue weighted by molar-refractivity contribution is 0.214. The lowest BCUT2D eigenvalue weighted by Crippen LogP contribution is -2.35. The van der Waals surface area contributed by atoms with Crippen LogP contribution >= 0.6 is 0 Å². The number of carbonyl (C=O) groups excluding carboxylic acids is 1. The molecular weight excluding hydrogens is 362 g/mol. The van der Waals surface area contributed by atoms with Gasteiger partial charge in [0.1, 0.15) is 5.75 Å². The van der Waals surface area contributed by atoms with Gasteiger partial charge in [-0.15, -0.1) is 6.58 Å². The van der Waals surface area contributed by atoms with Gasteiger partial charge in [0.25, 0.3) is 0 Å². The zero-order valence-electron chi connectivity index (χ0n) is 17.0. The summed E-state index contributed by atoms with van der Waals surface area (Å²) in [7, 11) is 1.67. The van der Waals surface area contributed by atoms with Gasteiger partial charge in [0.2, 0.25) is 0 Å². The van der Waals surface area contributed by atoms with E-state index in [9.17, 15) is 4.79 Å². The van der Waals surface area contributed by atoms with Gasteiger partial charge in [-0.3, -0.25) is 0 Å². The van der Waals surface area contributed by atoms with Crippen molar-refractivity contribution in [3.05, 3.63) is 96.3 Å². The molecule has 29 heavy (non-hydrogen) atoms. The van der Waals surface area contributed by atoms with Crippen LogP contribution in [0.5, 0.6) is 5.75 Å². The molecule has 0 spiro atoms. The fraction of sp³-hybridized carbons (Fsp3) is 0.208. The quantitative estimate of drug-likeness (QED) is 0.547. The van der Waals surface area contributed by atoms with Gasteiger partial charge < -0.3 is 19.5 Å². The van der Waals surface area contributed by atoms with Gasteiger partial charge in [0.15, 0.2) is 0 Å². The SMILES string of the molecule is C=CCN(Cc1cccn1Cc1cccc(OC)c1)C(=O)Nc1ccc(C)cc1. The second-order valence-electron chi connectivity index (χ2n) is 6.94. The Balaban J connectivity index is 1.72. The highest BCUT2D eigenvalue weighted by Gasteiger charge is 2.15. The van der Waals surface area contributed by atoms with E-state index in [0.29, 0.717) is 19.6 Å². The first-order valence-corrected chi connectivity index (χ1v) is 9.59. The third kappa shape index (κ3) is 5.51. The summed E-state index contributed by atoms with van der Waals surface area (Å²) in [6.07, 6.45) is 3.77. The van der Waals surface area contributed by atoms with Crippen LogP contribution in [0.15, 0.2) is 79.5 Å². The topological polar surface area (TPSA) is 46.5 Å². The average molecular weight is 389 g/mol. The molecule has 2 aromatic carbocycles. The molecule has 5 heteroatoms. The molecule has 150 valence electrons. The van der Waals surface area contributed by atoms with Crippen molar-refractivity contribution in [1.29, 1.82) is 0 Å². The average Bonchev–Trinajstić information content (AvgIpc) is 3.16. The van der Waals surface area contributed by atoms with E-state index in [1.807, 2.05) is 67.7 Å². The zero-order chi connectivity index (χ0) is 20.6. The Bertz CT molecular complexity index is 960. The molecule has 0 saturated carbocycles. The van der Waals surface area contributed by atoms with Crippen molar-refractivity contribution in [1.82, 2.24) is 9.47 Å². The number of hydrogen-bond acceptors (Lipinski definition) is 2. The first-order chi connectivity index (χ1) is 14.1. The molecular formula is C24H27N3O2. The number of benzene rings is 2. The molecule has 1 heterocycles. The molecule has 0 fully saturated rings. The smallest absolute Gasteiger partial charge is 0.322 e. The predicted molar refractivity (Wildman–Crippen MR) is 117 cm³/mol. The van der Waals surface area contributed by atoms with E-state index >= 15 is 0 Å². The number of carbonyl (C=O) groups is 1. The Morgan fingerprint density at radius 3 is 2.69 bits per heavy atom. The minimum atomic E-state index is -0.150. The number of aromatic nitrogens is 1. The van der Waals surface area contributed by atoms with E-state index in [1.54, 1.807) is 18.1 Å². The summed E-state index contributed by atoms with van der Waals surface area (Å²) in [4.78, 5) is 14.5. The number of urea groups is 1. The van der Waals surface area contributed by atoms with Crippen LogP contribution in [0.25, 0.3) is 0 Å². The second kappa shape index (κ2) is 9.64. The number of hydrogen-bond donors (Lipinski definition) is 1. The number of rotatable bonds is 8. The van der Waals surface area contributed by atoms with Crippen LogP contribution in [-0.2, 0) is 13.1 Å². The molecule has 5 nitrogen and oxygen atoms in total. The number of anilines is 1. The Morgan fingerprint density at radius 2 is 1.97 bits per heavy atom. The number of nitrogens with one attached hydrogen (secondary N) is 1. The van der Waals surface area contributed by atoms with Crippen molar-refractivity contribution in [2.24, 2.45) is 0 Å². The number of nitrogens with zero attached hydrogens (tertiary/aromatic N) is 2. The van der Waals surface area contributed by atoms with Gasteiger partial charge in [-0.2, -0.15) is 0 Å². The van der Waals surface area contributed by atoms with E-state index in [1.165, 1.54) is 0 Å². The minimum Gasteiger partial charge on any atom is -0.497 e. The predicted octanol–water partition coefficient (Wildman–Crippen LogP) is 5.07. The summed E-state index contributed by atoms with van der Waals surface area (Å²) in [5, 5.41) is 2.96. The van der Waals surface area contributed by atoms with Crippen LogP contribution in [0.4, 0.5) is 10.5 Å². The highest BCUT2D eigenvalue weighted by molar-refractivity contribution is 5.89.